The molecule has 0 saturated heterocycles. The van der Waals surface area contributed by atoms with Gasteiger partial charge in [0, 0.05) is 5.56 Å². The Morgan fingerprint density at radius 3 is 2.23 bits per heavy atom. The van der Waals surface area contributed by atoms with Gasteiger partial charge in [-0.2, -0.15) is 5.21 Å². The first-order valence-corrected chi connectivity index (χ1v) is 10.9. The van der Waals surface area contributed by atoms with Crippen molar-refractivity contribution in [1.82, 2.24) is 20.6 Å². The zero-order valence-electron chi connectivity index (χ0n) is 19.2. The standard InChI is InChI=1S/C26H32N4/c1-8-19-14-22-23(26(6,7)17(3)25(22,4)5)15-21(19)16(2)13-18-9-11-20(12-10-18)24-27-29-30-28-24/h9-15,17H,8H2,1-7H3,(H,27,28,29,30)/b16-13+. The molecule has 0 saturated carbocycles. The fraction of sp³-hybridized carbons (Fsp3) is 0.423. The molecule has 0 aliphatic heterocycles. The molecule has 1 aliphatic carbocycles. The van der Waals surface area contributed by atoms with Gasteiger partial charge in [0.15, 0.2) is 0 Å². The summed E-state index contributed by atoms with van der Waals surface area (Å²) in [5.41, 5.74) is 9.65. The van der Waals surface area contributed by atoms with Crippen LogP contribution in [0.3, 0.4) is 0 Å². The quantitative estimate of drug-likeness (QED) is 0.531. The Hall–Kier alpha value is -2.75. The van der Waals surface area contributed by atoms with Gasteiger partial charge in [0.2, 0.25) is 5.82 Å². The maximum Gasteiger partial charge on any atom is 0.204 e. The molecule has 1 unspecified atom stereocenters. The number of aryl methyl sites for hydroxylation is 1. The third-order valence-electron chi connectivity index (χ3n) is 7.50. The van der Waals surface area contributed by atoms with E-state index >= 15 is 0 Å². The zero-order chi connectivity index (χ0) is 21.7. The Bertz CT molecular complexity index is 1090. The molecule has 4 heteroatoms. The normalized spacial score (nSPS) is 19.7. The lowest BCUT2D eigenvalue weighted by atomic mass is 9.71. The van der Waals surface area contributed by atoms with E-state index in [0.29, 0.717) is 11.7 Å². The molecule has 156 valence electrons. The second-order valence-corrected chi connectivity index (χ2v) is 9.76. The predicted molar refractivity (Wildman–Crippen MR) is 124 cm³/mol. The van der Waals surface area contributed by atoms with Crippen molar-refractivity contribution in [1.29, 1.82) is 0 Å². The average Bonchev–Trinajstić information content (AvgIpc) is 3.30. The molecule has 4 rings (SSSR count). The van der Waals surface area contributed by atoms with Gasteiger partial charge in [-0.3, -0.25) is 0 Å². The summed E-state index contributed by atoms with van der Waals surface area (Å²) in [5.74, 6) is 1.22. The van der Waals surface area contributed by atoms with Crippen LogP contribution in [0, 0.1) is 5.92 Å². The fourth-order valence-electron chi connectivity index (χ4n) is 5.08. The van der Waals surface area contributed by atoms with E-state index in [-0.39, 0.29) is 10.8 Å². The average molecular weight is 401 g/mol. The van der Waals surface area contributed by atoms with Gasteiger partial charge < -0.3 is 0 Å². The lowest BCUT2D eigenvalue weighted by Crippen LogP contribution is -2.30. The Labute approximate surface area is 179 Å². The summed E-state index contributed by atoms with van der Waals surface area (Å²) in [6.07, 6.45) is 3.31. The molecule has 1 aromatic heterocycles. The summed E-state index contributed by atoms with van der Waals surface area (Å²) in [4.78, 5) is 0. The van der Waals surface area contributed by atoms with E-state index in [1.165, 1.54) is 33.4 Å². The summed E-state index contributed by atoms with van der Waals surface area (Å²) in [5, 5.41) is 14.2. The number of hydrogen-bond acceptors (Lipinski definition) is 3. The molecule has 1 N–H and O–H groups in total. The van der Waals surface area contributed by atoms with Crippen molar-refractivity contribution in [3.05, 3.63) is 64.2 Å². The van der Waals surface area contributed by atoms with Crippen molar-refractivity contribution in [3.8, 4) is 11.4 Å². The van der Waals surface area contributed by atoms with Gasteiger partial charge in [0.1, 0.15) is 0 Å². The molecule has 0 bridgehead atoms. The summed E-state index contributed by atoms with van der Waals surface area (Å²) in [7, 11) is 0. The van der Waals surface area contributed by atoms with Crippen LogP contribution in [0.15, 0.2) is 36.4 Å². The number of benzene rings is 2. The van der Waals surface area contributed by atoms with Crippen LogP contribution < -0.4 is 0 Å². The van der Waals surface area contributed by atoms with Crippen LogP contribution in [0.1, 0.15) is 76.3 Å². The molecule has 1 heterocycles. The molecule has 0 spiro atoms. The lowest BCUT2D eigenvalue weighted by molar-refractivity contribution is 0.264. The molecule has 3 aromatic rings. The highest BCUT2D eigenvalue weighted by Crippen LogP contribution is 2.54. The number of tetrazole rings is 1. The molecule has 0 radical (unpaired) electrons. The van der Waals surface area contributed by atoms with Gasteiger partial charge in [-0.15, -0.1) is 10.2 Å². The summed E-state index contributed by atoms with van der Waals surface area (Å²) in [6, 6.07) is 13.3. The highest BCUT2D eigenvalue weighted by atomic mass is 15.5. The largest absolute Gasteiger partial charge is 0.204 e. The number of aromatic amines is 1. The van der Waals surface area contributed by atoms with E-state index < -0.39 is 0 Å². The number of hydrogen-bond donors (Lipinski definition) is 1. The molecular formula is C26H32N4. The second-order valence-electron chi connectivity index (χ2n) is 9.76. The Balaban J connectivity index is 1.74. The minimum atomic E-state index is 0.173. The highest BCUT2D eigenvalue weighted by molar-refractivity contribution is 5.83. The molecule has 0 fully saturated rings. The van der Waals surface area contributed by atoms with Crippen LogP contribution in [-0.2, 0) is 17.3 Å². The van der Waals surface area contributed by atoms with E-state index in [9.17, 15) is 0 Å². The molecule has 4 nitrogen and oxygen atoms in total. The summed E-state index contributed by atoms with van der Waals surface area (Å²) in [6.45, 7) is 16.5. The van der Waals surface area contributed by atoms with Gasteiger partial charge in [-0.05, 0) is 68.7 Å². The molecule has 30 heavy (non-hydrogen) atoms. The van der Waals surface area contributed by atoms with Gasteiger partial charge in [-0.25, -0.2) is 0 Å². The van der Waals surface area contributed by atoms with Gasteiger partial charge >= 0.3 is 0 Å². The van der Waals surface area contributed by atoms with Gasteiger partial charge in [-0.1, -0.05) is 84.0 Å². The number of rotatable bonds is 4. The minimum absolute atomic E-state index is 0.173. The van der Waals surface area contributed by atoms with Crippen LogP contribution >= 0.6 is 0 Å². The maximum absolute atomic E-state index is 4.05. The molecule has 2 aromatic carbocycles. The third-order valence-corrected chi connectivity index (χ3v) is 7.50. The Morgan fingerprint density at radius 1 is 1.03 bits per heavy atom. The predicted octanol–water partition coefficient (Wildman–Crippen LogP) is 6.19. The van der Waals surface area contributed by atoms with E-state index in [1.54, 1.807) is 0 Å². The molecule has 0 amide bonds. The first-order valence-electron chi connectivity index (χ1n) is 10.9. The number of H-pyrrole nitrogens is 1. The molecular weight excluding hydrogens is 368 g/mol. The molecule has 1 atom stereocenters. The van der Waals surface area contributed by atoms with Crippen molar-refractivity contribution in [3.63, 3.8) is 0 Å². The topological polar surface area (TPSA) is 54.5 Å². The van der Waals surface area contributed by atoms with Crippen molar-refractivity contribution < 1.29 is 0 Å². The number of aromatic nitrogens is 4. The fourth-order valence-corrected chi connectivity index (χ4v) is 5.08. The number of fused-ring (bicyclic) bond motifs is 1. The third kappa shape index (κ3) is 3.19. The number of nitrogens with one attached hydrogen (secondary N) is 1. The zero-order valence-corrected chi connectivity index (χ0v) is 19.2. The van der Waals surface area contributed by atoms with Crippen LogP contribution in [0.2, 0.25) is 0 Å². The Morgan fingerprint density at radius 2 is 1.67 bits per heavy atom. The van der Waals surface area contributed by atoms with E-state index in [4.69, 9.17) is 0 Å². The van der Waals surface area contributed by atoms with E-state index in [0.717, 1.165) is 12.0 Å². The van der Waals surface area contributed by atoms with Crippen LogP contribution in [0.5, 0.6) is 0 Å². The SMILES string of the molecule is CCc1cc2c(cc1/C(C)=C/c1ccc(-c3nn[nH]n3)cc1)C(C)(C)C(C)C2(C)C. The first kappa shape index (κ1) is 20.5. The summed E-state index contributed by atoms with van der Waals surface area (Å²) < 4.78 is 0. The van der Waals surface area contributed by atoms with E-state index in [1.807, 2.05) is 12.1 Å². The minimum Gasteiger partial charge on any atom is -0.177 e. The summed E-state index contributed by atoms with van der Waals surface area (Å²) >= 11 is 0. The number of allylic oxidation sites excluding steroid dienone is 1. The second kappa shape index (κ2) is 7.19. The van der Waals surface area contributed by atoms with E-state index in [2.05, 4.69) is 99.4 Å². The Kier molecular flexibility index (Phi) is 4.92. The maximum atomic E-state index is 4.05. The van der Waals surface area contributed by atoms with Crippen molar-refractivity contribution >= 4 is 11.6 Å². The first-order chi connectivity index (χ1) is 14.2. The van der Waals surface area contributed by atoms with Crippen molar-refractivity contribution in [2.45, 2.75) is 65.7 Å². The highest BCUT2D eigenvalue weighted by Gasteiger charge is 2.48. The van der Waals surface area contributed by atoms with Crippen LogP contribution in [0.4, 0.5) is 0 Å². The van der Waals surface area contributed by atoms with Crippen LogP contribution in [0.25, 0.3) is 23.0 Å². The molecule has 1 aliphatic rings. The van der Waals surface area contributed by atoms with Crippen LogP contribution in [-0.4, -0.2) is 20.6 Å². The van der Waals surface area contributed by atoms with Crippen molar-refractivity contribution in [2.75, 3.05) is 0 Å². The van der Waals surface area contributed by atoms with Gasteiger partial charge in [0.05, 0.1) is 0 Å². The monoisotopic (exact) mass is 400 g/mol. The smallest absolute Gasteiger partial charge is 0.177 e. The number of nitrogens with zero attached hydrogens (tertiary/aromatic N) is 3. The van der Waals surface area contributed by atoms with Crippen molar-refractivity contribution in [2.24, 2.45) is 5.92 Å². The van der Waals surface area contributed by atoms with Gasteiger partial charge in [0.25, 0.3) is 0 Å². The lowest BCUT2D eigenvalue weighted by Gasteiger charge is -2.32.